The van der Waals surface area contributed by atoms with E-state index in [0.717, 1.165) is 23.7 Å². The Labute approximate surface area is 124 Å². The standard InChI is InChI=1S/C16H19N3O2/c1-2-19(9-10-20)14-5-3-13(4-6-14)18-12-16-8-7-15(11-17)21-16/h3-8,18,20H,2,9-10,12H2,1H3. The van der Waals surface area contributed by atoms with Crippen molar-refractivity contribution >= 4 is 11.4 Å². The second kappa shape index (κ2) is 7.36. The summed E-state index contributed by atoms with van der Waals surface area (Å²) in [6, 6.07) is 13.4. The van der Waals surface area contributed by atoms with Gasteiger partial charge in [0.05, 0.1) is 13.2 Å². The summed E-state index contributed by atoms with van der Waals surface area (Å²) >= 11 is 0. The summed E-state index contributed by atoms with van der Waals surface area (Å²) in [5.74, 6) is 1.05. The van der Waals surface area contributed by atoms with Crippen LogP contribution < -0.4 is 10.2 Å². The number of likely N-dealkylation sites (N-methyl/N-ethyl adjacent to an activating group) is 1. The van der Waals surface area contributed by atoms with E-state index in [1.54, 1.807) is 12.1 Å². The molecule has 0 saturated heterocycles. The second-order valence-electron chi connectivity index (χ2n) is 4.58. The molecule has 1 aromatic carbocycles. The molecule has 0 amide bonds. The number of nitrogens with zero attached hydrogens (tertiary/aromatic N) is 2. The van der Waals surface area contributed by atoms with Crippen molar-refractivity contribution in [2.24, 2.45) is 0 Å². The molecule has 0 saturated carbocycles. The molecule has 0 spiro atoms. The molecule has 5 heteroatoms. The fraction of sp³-hybridized carbons (Fsp3) is 0.312. The summed E-state index contributed by atoms with van der Waals surface area (Å²) in [6.07, 6.45) is 0. The lowest BCUT2D eigenvalue weighted by Crippen LogP contribution is -2.25. The maximum atomic E-state index is 9.03. The highest BCUT2D eigenvalue weighted by Gasteiger charge is 2.04. The second-order valence-corrected chi connectivity index (χ2v) is 4.58. The molecule has 0 atom stereocenters. The predicted molar refractivity (Wildman–Crippen MR) is 82.2 cm³/mol. The van der Waals surface area contributed by atoms with Crippen molar-refractivity contribution in [2.75, 3.05) is 29.9 Å². The molecular weight excluding hydrogens is 266 g/mol. The van der Waals surface area contributed by atoms with Crippen LogP contribution in [0.1, 0.15) is 18.4 Å². The molecule has 1 aromatic heterocycles. The fourth-order valence-electron chi connectivity index (χ4n) is 2.10. The largest absolute Gasteiger partial charge is 0.449 e. The summed E-state index contributed by atoms with van der Waals surface area (Å²) in [5, 5.41) is 21.0. The van der Waals surface area contributed by atoms with Gasteiger partial charge in [0.2, 0.25) is 5.76 Å². The maximum Gasteiger partial charge on any atom is 0.203 e. The highest BCUT2D eigenvalue weighted by Crippen LogP contribution is 2.18. The molecule has 5 nitrogen and oxygen atoms in total. The molecule has 0 aliphatic rings. The first kappa shape index (κ1) is 14.9. The van der Waals surface area contributed by atoms with Gasteiger partial charge in [-0.1, -0.05) is 0 Å². The summed E-state index contributed by atoms with van der Waals surface area (Å²) in [7, 11) is 0. The SMILES string of the molecule is CCN(CCO)c1ccc(NCc2ccc(C#N)o2)cc1. The third kappa shape index (κ3) is 4.01. The van der Waals surface area contributed by atoms with E-state index in [4.69, 9.17) is 14.8 Å². The van der Waals surface area contributed by atoms with Crippen molar-refractivity contribution in [3.8, 4) is 6.07 Å². The molecule has 0 unspecified atom stereocenters. The lowest BCUT2D eigenvalue weighted by molar-refractivity contribution is 0.302. The lowest BCUT2D eigenvalue weighted by atomic mass is 10.2. The number of aliphatic hydroxyl groups excluding tert-OH is 1. The van der Waals surface area contributed by atoms with Crippen LogP contribution in [0.4, 0.5) is 11.4 Å². The molecule has 0 radical (unpaired) electrons. The Morgan fingerprint density at radius 1 is 1.24 bits per heavy atom. The summed E-state index contributed by atoms with van der Waals surface area (Å²) < 4.78 is 5.31. The molecular formula is C16H19N3O2. The number of nitriles is 1. The Hall–Kier alpha value is -2.45. The number of nitrogens with one attached hydrogen (secondary N) is 1. The van der Waals surface area contributed by atoms with Crippen molar-refractivity contribution in [1.29, 1.82) is 5.26 Å². The third-order valence-electron chi connectivity index (χ3n) is 3.22. The maximum absolute atomic E-state index is 9.03. The van der Waals surface area contributed by atoms with Gasteiger partial charge < -0.3 is 19.7 Å². The van der Waals surface area contributed by atoms with Crippen LogP contribution in [-0.2, 0) is 6.54 Å². The monoisotopic (exact) mass is 285 g/mol. The smallest absolute Gasteiger partial charge is 0.203 e. The first-order chi connectivity index (χ1) is 10.3. The number of anilines is 2. The van der Waals surface area contributed by atoms with E-state index < -0.39 is 0 Å². The average molecular weight is 285 g/mol. The van der Waals surface area contributed by atoms with Crippen molar-refractivity contribution in [1.82, 2.24) is 0 Å². The minimum Gasteiger partial charge on any atom is -0.449 e. The van der Waals surface area contributed by atoms with Crippen LogP contribution in [0.2, 0.25) is 0 Å². The first-order valence-electron chi connectivity index (χ1n) is 6.95. The highest BCUT2D eigenvalue weighted by atomic mass is 16.3. The van der Waals surface area contributed by atoms with E-state index in [0.29, 0.717) is 18.8 Å². The van der Waals surface area contributed by atoms with Gasteiger partial charge >= 0.3 is 0 Å². The number of furan rings is 1. The third-order valence-corrected chi connectivity index (χ3v) is 3.22. The van der Waals surface area contributed by atoms with Crippen LogP contribution in [0.15, 0.2) is 40.8 Å². The number of aliphatic hydroxyl groups is 1. The molecule has 110 valence electrons. The van der Waals surface area contributed by atoms with E-state index in [9.17, 15) is 0 Å². The molecule has 1 heterocycles. The van der Waals surface area contributed by atoms with Crippen LogP contribution >= 0.6 is 0 Å². The van der Waals surface area contributed by atoms with E-state index in [2.05, 4.69) is 17.1 Å². The zero-order chi connectivity index (χ0) is 15.1. The van der Waals surface area contributed by atoms with Gasteiger partial charge in [-0.25, -0.2) is 0 Å². The Morgan fingerprint density at radius 3 is 2.57 bits per heavy atom. The normalized spacial score (nSPS) is 10.1. The van der Waals surface area contributed by atoms with E-state index in [1.165, 1.54) is 0 Å². The molecule has 21 heavy (non-hydrogen) atoms. The van der Waals surface area contributed by atoms with Gasteiger partial charge in [0.15, 0.2) is 0 Å². The van der Waals surface area contributed by atoms with E-state index in [-0.39, 0.29) is 6.61 Å². The minimum atomic E-state index is 0.146. The number of hydrogen-bond donors (Lipinski definition) is 2. The predicted octanol–water partition coefficient (Wildman–Crippen LogP) is 2.58. The van der Waals surface area contributed by atoms with Crippen molar-refractivity contribution in [3.63, 3.8) is 0 Å². The molecule has 2 N–H and O–H groups in total. The Morgan fingerprint density at radius 2 is 2.00 bits per heavy atom. The van der Waals surface area contributed by atoms with Gasteiger partial charge in [0, 0.05) is 24.5 Å². The van der Waals surface area contributed by atoms with Crippen LogP contribution in [0.5, 0.6) is 0 Å². The van der Waals surface area contributed by atoms with Crippen LogP contribution in [0.25, 0.3) is 0 Å². The zero-order valence-electron chi connectivity index (χ0n) is 12.0. The molecule has 2 rings (SSSR count). The Kier molecular flexibility index (Phi) is 5.24. The van der Waals surface area contributed by atoms with Crippen molar-refractivity contribution in [3.05, 3.63) is 47.9 Å². The van der Waals surface area contributed by atoms with Gasteiger partial charge in [0.1, 0.15) is 11.8 Å². The summed E-state index contributed by atoms with van der Waals surface area (Å²) in [6.45, 7) is 4.23. The molecule has 0 fully saturated rings. The topological polar surface area (TPSA) is 72.4 Å². The lowest BCUT2D eigenvalue weighted by Gasteiger charge is -2.22. The van der Waals surface area contributed by atoms with Gasteiger partial charge in [-0.2, -0.15) is 5.26 Å². The fourth-order valence-corrected chi connectivity index (χ4v) is 2.10. The summed E-state index contributed by atoms with van der Waals surface area (Å²) in [4.78, 5) is 2.11. The summed E-state index contributed by atoms with van der Waals surface area (Å²) in [5.41, 5.74) is 2.07. The molecule has 0 bridgehead atoms. The Bertz CT molecular complexity index is 599. The van der Waals surface area contributed by atoms with E-state index in [1.807, 2.05) is 30.3 Å². The van der Waals surface area contributed by atoms with Crippen molar-refractivity contribution < 1.29 is 9.52 Å². The quantitative estimate of drug-likeness (QED) is 0.818. The number of hydrogen-bond acceptors (Lipinski definition) is 5. The zero-order valence-corrected chi connectivity index (χ0v) is 12.0. The minimum absolute atomic E-state index is 0.146. The van der Waals surface area contributed by atoms with Crippen LogP contribution in [0.3, 0.4) is 0 Å². The van der Waals surface area contributed by atoms with Gasteiger partial charge in [-0.05, 0) is 43.3 Å². The number of rotatable bonds is 7. The van der Waals surface area contributed by atoms with Crippen LogP contribution in [0, 0.1) is 11.3 Å². The van der Waals surface area contributed by atoms with Gasteiger partial charge in [-0.3, -0.25) is 0 Å². The van der Waals surface area contributed by atoms with E-state index >= 15 is 0 Å². The number of benzene rings is 1. The molecule has 0 aliphatic carbocycles. The first-order valence-corrected chi connectivity index (χ1v) is 6.95. The van der Waals surface area contributed by atoms with Gasteiger partial charge in [0.25, 0.3) is 0 Å². The average Bonchev–Trinajstić information content (AvgIpc) is 2.99. The van der Waals surface area contributed by atoms with Crippen LogP contribution in [-0.4, -0.2) is 24.8 Å². The molecule has 2 aromatic rings. The van der Waals surface area contributed by atoms with Crippen molar-refractivity contribution in [2.45, 2.75) is 13.5 Å². The highest BCUT2D eigenvalue weighted by molar-refractivity contribution is 5.55. The van der Waals surface area contributed by atoms with Gasteiger partial charge in [-0.15, -0.1) is 0 Å². The molecule has 0 aliphatic heterocycles. The Balaban J connectivity index is 1.94.